The van der Waals surface area contributed by atoms with Gasteiger partial charge in [-0.15, -0.1) is 0 Å². The van der Waals surface area contributed by atoms with E-state index in [1.54, 1.807) is 12.1 Å². The van der Waals surface area contributed by atoms with Crippen molar-refractivity contribution in [1.29, 1.82) is 5.26 Å². The summed E-state index contributed by atoms with van der Waals surface area (Å²) < 4.78 is 18.4. The maximum absolute atomic E-state index is 12.9. The number of nitrogens with two attached hydrogens (primary N) is 1. The third-order valence-electron chi connectivity index (χ3n) is 5.64. The molecule has 0 saturated carbocycles. The van der Waals surface area contributed by atoms with E-state index in [0.717, 1.165) is 14.7 Å². The second-order valence-electron chi connectivity index (χ2n) is 7.84. The molecule has 9 heteroatoms. The van der Waals surface area contributed by atoms with Crippen molar-refractivity contribution in [2.75, 3.05) is 6.61 Å². The summed E-state index contributed by atoms with van der Waals surface area (Å²) in [6.45, 7) is 2.54. The van der Waals surface area contributed by atoms with Crippen LogP contribution in [0.2, 0.25) is 10.0 Å². The topological polar surface area (TPSA) is 94.6 Å². The van der Waals surface area contributed by atoms with E-state index in [9.17, 15) is 10.1 Å². The Morgan fingerprint density at radius 2 is 2.00 bits per heavy atom. The Bertz CT molecular complexity index is 1270. The van der Waals surface area contributed by atoms with Crippen molar-refractivity contribution >= 4 is 51.6 Å². The van der Waals surface area contributed by atoms with Crippen LogP contribution in [0.5, 0.6) is 11.5 Å². The fraction of sp³-hybridized carbons (Fsp3) is 0.280. The van der Waals surface area contributed by atoms with Crippen molar-refractivity contribution in [3.8, 4) is 17.6 Å². The Morgan fingerprint density at radius 1 is 1.21 bits per heavy atom. The molecular formula is C25H21Cl2IN2O4. The van der Waals surface area contributed by atoms with Crippen molar-refractivity contribution in [2.45, 2.75) is 38.7 Å². The zero-order valence-corrected chi connectivity index (χ0v) is 22.0. The highest BCUT2D eigenvalue weighted by Gasteiger charge is 2.38. The van der Waals surface area contributed by atoms with Crippen LogP contribution in [-0.2, 0) is 16.1 Å². The first kappa shape index (κ1) is 24.7. The summed E-state index contributed by atoms with van der Waals surface area (Å²) >= 11 is 14.3. The average Bonchev–Trinajstić information content (AvgIpc) is 2.80. The third kappa shape index (κ3) is 4.85. The van der Waals surface area contributed by atoms with Crippen LogP contribution in [0.25, 0.3) is 0 Å². The molecule has 2 aliphatic rings. The number of allylic oxidation sites excluding steroid dienone is 3. The molecule has 1 aliphatic carbocycles. The van der Waals surface area contributed by atoms with Gasteiger partial charge in [0.25, 0.3) is 0 Å². The molecule has 1 heterocycles. The fourth-order valence-corrected chi connectivity index (χ4v) is 5.23. The van der Waals surface area contributed by atoms with Crippen LogP contribution in [0, 0.1) is 14.9 Å². The van der Waals surface area contributed by atoms with Gasteiger partial charge in [0.1, 0.15) is 24.0 Å². The van der Waals surface area contributed by atoms with Gasteiger partial charge < -0.3 is 19.9 Å². The number of nitrogens with zero attached hydrogens (tertiary/aromatic N) is 1. The molecule has 4 rings (SSSR count). The van der Waals surface area contributed by atoms with E-state index in [1.165, 1.54) is 0 Å². The first-order valence-electron chi connectivity index (χ1n) is 10.7. The number of ketones is 1. The molecule has 2 aromatic rings. The maximum Gasteiger partial charge on any atom is 0.205 e. The quantitative estimate of drug-likeness (QED) is 0.381. The van der Waals surface area contributed by atoms with Gasteiger partial charge in [0, 0.05) is 18.4 Å². The molecule has 176 valence electrons. The van der Waals surface area contributed by atoms with Crippen LogP contribution in [0.4, 0.5) is 0 Å². The van der Waals surface area contributed by atoms with E-state index < -0.39 is 5.92 Å². The van der Waals surface area contributed by atoms with Gasteiger partial charge in [-0.05, 0) is 71.3 Å². The van der Waals surface area contributed by atoms with Gasteiger partial charge in [0.05, 0.1) is 26.1 Å². The molecule has 6 nitrogen and oxygen atoms in total. The Hall–Kier alpha value is -2.41. The fourth-order valence-electron chi connectivity index (χ4n) is 4.13. The van der Waals surface area contributed by atoms with Crippen molar-refractivity contribution in [1.82, 2.24) is 0 Å². The number of nitriles is 1. The molecular weight excluding hydrogens is 590 g/mol. The lowest BCUT2D eigenvalue weighted by Gasteiger charge is -2.31. The van der Waals surface area contributed by atoms with Crippen LogP contribution in [0.1, 0.15) is 43.2 Å². The standard InChI is InChI=1S/C25H21Cl2IN2O4/c1-2-32-21-10-14(9-18(28)24(21)33-12-13-6-7-16(26)17(27)8-13)22-15(11-29)25(30)34-20-5-3-4-19(31)23(20)22/h6-10,22H,2-5,12,30H2,1H3/t22-/m1/s1. The highest BCUT2D eigenvalue weighted by molar-refractivity contribution is 14.1. The number of hydrogen-bond acceptors (Lipinski definition) is 6. The van der Waals surface area contributed by atoms with E-state index in [0.29, 0.717) is 58.7 Å². The number of Topliss-reactive ketones (excluding diaryl/α,β-unsaturated/α-hetero) is 1. The van der Waals surface area contributed by atoms with E-state index in [-0.39, 0.29) is 23.8 Å². The minimum absolute atomic E-state index is 0.0283. The minimum Gasteiger partial charge on any atom is -0.490 e. The molecule has 34 heavy (non-hydrogen) atoms. The Kier molecular flexibility index (Phi) is 7.60. The van der Waals surface area contributed by atoms with Crippen molar-refractivity contribution in [2.24, 2.45) is 5.73 Å². The summed E-state index contributed by atoms with van der Waals surface area (Å²) in [5.41, 5.74) is 8.38. The highest BCUT2D eigenvalue weighted by atomic mass is 127. The summed E-state index contributed by atoms with van der Waals surface area (Å²) in [6, 6.07) is 11.2. The third-order valence-corrected chi connectivity index (χ3v) is 7.18. The average molecular weight is 611 g/mol. The molecule has 0 spiro atoms. The van der Waals surface area contributed by atoms with E-state index >= 15 is 0 Å². The second-order valence-corrected chi connectivity index (χ2v) is 9.82. The van der Waals surface area contributed by atoms with E-state index in [4.69, 9.17) is 43.1 Å². The van der Waals surface area contributed by atoms with Gasteiger partial charge >= 0.3 is 0 Å². The smallest absolute Gasteiger partial charge is 0.205 e. The van der Waals surface area contributed by atoms with Crippen molar-refractivity contribution < 1.29 is 19.0 Å². The molecule has 0 radical (unpaired) electrons. The lowest BCUT2D eigenvalue weighted by atomic mass is 9.77. The van der Waals surface area contributed by atoms with Gasteiger partial charge in [-0.25, -0.2) is 0 Å². The maximum atomic E-state index is 12.9. The van der Waals surface area contributed by atoms with E-state index in [1.807, 2.05) is 25.1 Å². The van der Waals surface area contributed by atoms with Crippen molar-refractivity contribution in [3.63, 3.8) is 0 Å². The molecule has 2 N–H and O–H groups in total. The van der Waals surface area contributed by atoms with Gasteiger partial charge in [-0.1, -0.05) is 29.3 Å². The first-order chi connectivity index (χ1) is 16.3. The van der Waals surface area contributed by atoms with Crippen molar-refractivity contribution in [3.05, 3.63) is 77.9 Å². The normalized spacial score (nSPS) is 17.7. The Balaban J connectivity index is 1.74. The largest absolute Gasteiger partial charge is 0.490 e. The van der Waals surface area contributed by atoms with Crippen LogP contribution in [0.15, 0.2) is 53.1 Å². The molecule has 0 bridgehead atoms. The first-order valence-corrected chi connectivity index (χ1v) is 12.5. The lowest BCUT2D eigenvalue weighted by molar-refractivity contribution is -0.116. The second kappa shape index (κ2) is 10.5. The molecule has 0 saturated heterocycles. The number of carbonyl (C=O) groups is 1. The predicted octanol–water partition coefficient (Wildman–Crippen LogP) is 6.39. The summed E-state index contributed by atoms with van der Waals surface area (Å²) in [7, 11) is 0. The number of ether oxygens (including phenoxy) is 3. The minimum atomic E-state index is -0.613. The number of carbonyl (C=O) groups excluding carboxylic acids is 1. The van der Waals surface area contributed by atoms with Gasteiger partial charge in [0.2, 0.25) is 5.88 Å². The van der Waals surface area contributed by atoms with E-state index in [2.05, 4.69) is 28.7 Å². The predicted molar refractivity (Wildman–Crippen MR) is 138 cm³/mol. The summed E-state index contributed by atoms with van der Waals surface area (Å²) in [5.74, 6) is 1.01. The van der Waals surface area contributed by atoms with Crippen LogP contribution in [-0.4, -0.2) is 12.4 Å². The number of halogens is 3. The molecule has 1 atom stereocenters. The molecule has 1 aliphatic heterocycles. The zero-order chi connectivity index (χ0) is 24.4. The Labute approximate surface area is 221 Å². The Morgan fingerprint density at radius 3 is 2.71 bits per heavy atom. The summed E-state index contributed by atoms with van der Waals surface area (Å²) in [4.78, 5) is 12.9. The van der Waals surface area contributed by atoms with Gasteiger partial charge in [0.15, 0.2) is 17.3 Å². The summed E-state index contributed by atoms with van der Waals surface area (Å²) in [5, 5.41) is 10.8. The molecule has 2 aromatic carbocycles. The highest BCUT2D eigenvalue weighted by Crippen LogP contribution is 2.46. The van der Waals surface area contributed by atoms with Gasteiger partial charge in [-0.3, -0.25) is 4.79 Å². The monoisotopic (exact) mass is 610 g/mol. The van der Waals surface area contributed by atoms with Crippen LogP contribution < -0.4 is 15.2 Å². The molecule has 0 fully saturated rings. The SMILES string of the molecule is CCOc1cc([C@@H]2C(C#N)=C(N)OC3=C2C(=O)CCC3)cc(I)c1OCc1ccc(Cl)c(Cl)c1. The molecule has 0 aromatic heterocycles. The van der Waals surface area contributed by atoms with Crippen LogP contribution >= 0.6 is 45.8 Å². The molecule has 0 unspecified atom stereocenters. The number of benzene rings is 2. The lowest BCUT2D eigenvalue weighted by Crippen LogP contribution is -2.27. The summed E-state index contributed by atoms with van der Waals surface area (Å²) in [6.07, 6.45) is 1.72. The van der Waals surface area contributed by atoms with Gasteiger partial charge in [-0.2, -0.15) is 5.26 Å². The van der Waals surface area contributed by atoms with Crippen LogP contribution in [0.3, 0.4) is 0 Å². The number of hydrogen-bond donors (Lipinski definition) is 1. The number of rotatable bonds is 6. The zero-order valence-electron chi connectivity index (χ0n) is 18.3. The molecule has 0 amide bonds.